The van der Waals surface area contributed by atoms with Crippen LogP contribution in [0.1, 0.15) is 13.3 Å². The van der Waals surface area contributed by atoms with E-state index in [2.05, 4.69) is 50.4 Å². The van der Waals surface area contributed by atoms with Crippen LogP contribution in [-0.4, -0.2) is 88.3 Å². The summed E-state index contributed by atoms with van der Waals surface area (Å²) in [6.07, 6.45) is 1.10. The van der Waals surface area contributed by atoms with Crippen molar-refractivity contribution >= 4 is 47.2 Å². The molecule has 0 saturated carbocycles. The number of rotatable bonds is 6. The van der Waals surface area contributed by atoms with E-state index in [1.165, 1.54) is 31.9 Å². The van der Waals surface area contributed by atoms with E-state index >= 15 is 0 Å². The van der Waals surface area contributed by atoms with Gasteiger partial charge in [0.2, 0.25) is 0 Å². The minimum atomic E-state index is 0. The van der Waals surface area contributed by atoms with Crippen LogP contribution < -0.4 is 15.5 Å². The van der Waals surface area contributed by atoms with Gasteiger partial charge in [0.15, 0.2) is 5.96 Å². The molecule has 6 nitrogen and oxygen atoms in total. The summed E-state index contributed by atoms with van der Waals surface area (Å²) in [6, 6.07) is 8.50. The van der Waals surface area contributed by atoms with Gasteiger partial charge in [-0.3, -0.25) is 4.99 Å². The lowest BCUT2D eigenvalue weighted by atomic mass is 10.1. The monoisotopic (exact) mass is 534 g/mol. The number of guanidine groups is 1. The Morgan fingerprint density at radius 1 is 1.24 bits per heavy atom. The Hall–Kier alpha value is -0.770. The van der Waals surface area contributed by atoms with E-state index in [0.29, 0.717) is 12.0 Å². The largest absolute Gasteiger partial charge is 0.369 e. The van der Waals surface area contributed by atoms with Crippen LogP contribution in [-0.2, 0) is 0 Å². The molecule has 2 heterocycles. The Labute approximate surface area is 198 Å². The molecule has 164 valence electrons. The smallest absolute Gasteiger partial charge is 0.191 e. The molecule has 1 aromatic rings. The third kappa shape index (κ3) is 7.77. The van der Waals surface area contributed by atoms with Gasteiger partial charge in [0.1, 0.15) is 0 Å². The summed E-state index contributed by atoms with van der Waals surface area (Å²) in [7, 11) is 4.05. The molecule has 0 bridgehead atoms. The number of anilines is 1. The molecule has 2 N–H and O–H groups in total. The minimum absolute atomic E-state index is 0. The first-order chi connectivity index (χ1) is 13.5. The Morgan fingerprint density at radius 2 is 2.00 bits per heavy atom. The van der Waals surface area contributed by atoms with Crippen LogP contribution in [0.25, 0.3) is 0 Å². The first-order valence-electron chi connectivity index (χ1n) is 10.4. The minimum Gasteiger partial charge on any atom is -0.369 e. The molecular weight excluding hydrogens is 499 g/mol. The molecule has 8 heteroatoms. The quantitative estimate of drug-likeness (QED) is 0.334. The molecule has 0 amide bonds. The van der Waals surface area contributed by atoms with E-state index in [4.69, 9.17) is 11.6 Å². The van der Waals surface area contributed by atoms with E-state index < -0.39 is 0 Å². The highest BCUT2D eigenvalue weighted by molar-refractivity contribution is 14.0. The molecular formula is C21H36ClIN6. The predicted octanol–water partition coefficient (Wildman–Crippen LogP) is 2.59. The summed E-state index contributed by atoms with van der Waals surface area (Å²) in [6.45, 7) is 11.1. The van der Waals surface area contributed by atoms with Crippen molar-refractivity contribution in [2.75, 3.05) is 71.4 Å². The summed E-state index contributed by atoms with van der Waals surface area (Å²) < 4.78 is 0. The molecule has 3 rings (SSSR count). The highest BCUT2D eigenvalue weighted by Gasteiger charge is 2.24. The van der Waals surface area contributed by atoms with Gasteiger partial charge in [0, 0.05) is 76.2 Å². The van der Waals surface area contributed by atoms with Crippen LogP contribution in [0, 0.1) is 5.92 Å². The standard InChI is InChI=1S/C21H35ClN6.HI/c1-17(15-27-11-9-26(3)10-12-27)14-24-21(23-2)25-19-7-8-28(16-19)20-6-4-5-18(22)13-20;/h4-6,13,17,19H,7-12,14-16H2,1-3H3,(H2,23,24,25);1H. The number of likely N-dealkylation sites (N-methyl/N-ethyl adjacent to an activating group) is 1. The summed E-state index contributed by atoms with van der Waals surface area (Å²) in [5, 5.41) is 7.90. The van der Waals surface area contributed by atoms with Gasteiger partial charge in [-0.2, -0.15) is 0 Å². The third-order valence-corrected chi connectivity index (χ3v) is 5.94. The fourth-order valence-electron chi connectivity index (χ4n) is 3.98. The van der Waals surface area contributed by atoms with E-state index in [1.54, 1.807) is 0 Å². The molecule has 1 aromatic carbocycles. The van der Waals surface area contributed by atoms with Crippen molar-refractivity contribution in [3.05, 3.63) is 29.3 Å². The second-order valence-corrected chi connectivity index (χ2v) is 8.65. The summed E-state index contributed by atoms with van der Waals surface area (Å²) in [5.41, 5.74) is 1.19. The molecule has 2 aliphatic rings. The van der Waals surface area contributed by atoms with Crippen molar-refractivity contribution in [3.63, 3.8) is 0 Å². The molecule has 29 heavy (non-hydrogen) atoms. The molecule has 0 aromatic heterocycles. The molecule has 0 spiro atoms. The highest BCUT2D eigenvalue weighted by Crippen LogP contribution is 2.23. The fraction of sp³-hybridized carbons (Fsp3) is 0.667. The molecule has 2 saturated heterocycles. The lowest BCUT2D eigenvalue weighted by Crippen LogP contribution is -2.49. The number of benzene rings is 1. The Kier molecular flexibility index (Phi) is 10.3. The van der Waals surface area contributed by atoms with Crippen LogP contribution in [0.2, 0.25) is 5.02 Å². The van der Waals surface area contributed by atoms with E-state index in [1.807, 2.05) is 25.2 Å². The number of hydrogen-bond donors (Lipinski definition) is 2. The van der Waals surface area contributed by atoms with Gasteiger partial charge in [0.25, 0.3) is 0 Å². The van der Waals surface area contributed by atoms with Crippen molar-refractivity contribution in [3.8, 4) is 0 Å². The second-order valence-electron chi connectivity index (χ2n) is 8.22. The molecule has 2 atom stereocenters. The van der Waals surface area contributed by atoms with Gasteiger partial charge in [-0.15, -0.1) is 24.0 Å². The maximum Gasteiger partial charge on any atom is 0.191 e. The maximum absolute atomic E-state index is 6.14. The average Bonchev–Trinajstić information content (AvgIpc) is 3.15. The number of hydrogen-bond acceptors (Lipinski definition) is 4. The van der Waals surface area contributed by atoms with Crippen molar-refractivity contribution in [2.45, 2.75) is 19.4 Å². The number of nitrogens with zero attached hydrogens (tertiary/aromatic N) is 4. The van der Waals surface area contributed by atoms with Gasteiger partial charge in [-0.25, -0.2) is 0 Å². The van der Waals surface area contributed by atoms with Crippen molar-refractivity contribution in [1.82, 2.24) is 20.4 Å². The topological polar surface area (TPSA) is 46.1 Å². The predicted molar refractivity (Wildman–Crippen MR) is 135 cm³/mol. The Morgan fingerprint density at radius 3 is 2.69 bits per heavy atom. The van der Waals surface area contributed by atoms with Crippen molar-refractivity contribution < 1.29 is 0 Å². The van der Waals surface area contributed by atoms with Gasteiger partial charge < -0.3 is 25.3 Å². The normalized spacial score (nSPS) is 22.3. The number of halogens is 2. The van der Waals surface area contributed by atoms with Gasteiger partial charge in [0.05, 0.1) is 0 Å². The van der Waals surface area contributed by atoms with E-state index in [0.717, 1.165) is 43.6 Å². The van der Waals surface area contributed by atoms with Crippen LogP contribution in [0.3, 0.4) is 0 Å². The number of piperazine rings is 1. The zero-order chi connectivity index (χ0) is 19.9. The van der Waals surface area contributed by atoms with Gasteiger partial charge in [-0.05, 0) is 37.6 Å². The Bertz CT molecular complexity index is 650. The highest BCUT2D eigenvalue weighted by atomic mass is 127. The summed E-state index contributed by atoms with van der Waals surface area (Å²) in [5.74, 6) is 1.50. The summed E-state index contributed by atoms with van der Waals surface area (Å²) >= 11 is 6.14. The van der Waals surface area contributed by atoms with Crippen LogP contribution in [0.15, 0.2) is 29.3 Å². The van der Waals surface area contributed by atoms with Crippen LogP contribution in [0.5, 0.6) is 0 Å². The lowest BCUT2D eigenvalue weighted by molar-refractivity contribution is 0.139. The van der Waals surface area contributed by atoms with E-state index in [9.17, 15) is 0 Å². The fourth-order valence-corrected chi connectivity index (χ4v) is 4.16. The van der Waals surface area contributed by atoms with Gasteiger partial charge >= 0.3 is 0 Å². The third-order valence-electron chi connectivity index (χ3n) is 5.71. The molecule has 2 fully saturated rings. The molecule has 0 radical (unpaired) electrons. The van der Waals surface area contributed by atoms with Crippen LogP contribution in [0.4, 0.5) is 5.69 Å². The first kappa shape index (κ1) is 24.5. The molecule has 0 aliphatic carbocycles. The zero-order valence-corrected chi connectivity index (χ0v) is 21.0. The SMILES string of the molecule is CN=C(NCC(C)CN1CCN(C)CC1)NC1CCN(c2cccc(Cl)c2)C1.I. The van der Waals surface area contributed by atoms with E-state index in [-0.39, 0.29) is 24.0 Å². The molecule has 2 unspecified atom stereocenters. The first-order valence-corrected chi connectivity index (χ1v) is 10.8. The lowest BCUT2D eigenvalue weighted by Gasteiger charge is -2.34. The average molecular weight is 535 g/mol. The van der Waals surface area contributed by atoms with Gasteiger partial charge in [-0.1, -0.05) is 24.6 Å². The summed E-state index contributed by atoms with van der Waals surface area (Å²) in [4.78, 5) is 11.8. The molecule has 2 aliphatic heterocycles. The van der Waals surface area contributed by atoms with Crippen LogP contribution >= 0.6 is 35.6 Å². The van der Waals surface area contributed by atoms with Crippen molar-refractivity contribution in [2.24, 2.45) is 10.9 Å². The number of nitrogens with one attached hydrogen (secondary N) is 2. The zero-order valence-electron chi connectivity index (χ0n) is 17.9. The maximum atomic E-state index is 6.14. The number of aliphatic imine (C=N–C) groups is 1. The Balaban J connectivity index is 0.00000300. The second kappa shape index (κ2) is 12.2. The van der Waals surface area contributed by atoms with Crippen molar-refractivity contribution in [1.29, 1.82) is 0 Å².